The number of nitrogens with one attached hydrogen (secondary N) is 2. The van der Waals surface area contributed by atoms with Gasteiger partial charge in [-0.1, -0.05) is 12.8 Å². The van der Waals surface area contributed by atoms with Crippen molar-refractivity contribution in [2.24, 2.45) is 0 Å². The number of rotatable bonds is 5. The van der Waals surface area contributed by atoms with E-state index in [1.807, 2.05) is 0 Å². The predicted octanol–water partition coefficient (Wildman–Crippen LogP) is 1.24. The van der Waals surface area contributed by atoms with Crippen LogP contribution in [0.2, 0.25) is 0 Å². The Balaban J connectivity index is 0.00000144. The highest BCUT2D eigenvalue weighted by atomic mass is 35.5. The molecule has 1 aliphatic heterocycles. The fraction of sp³-hybridized carbons (Fsp3) is 0.917. The first kappa shape index (κ1) is 14.7. The van der Waals surface area contributed by atoms with Gasteiger partial charge in [-0.15, -0.1) is 12.4 Å². The van der Waals surface area contributed by atoms with Crippen molar-refractivity contribution in [3.05, 3.63) is 0 Å². The molecule has 1 saturated carbocycles. The number of carbonyl (C=O) groups is 1. The van der Waals surface area contributed by atoms with Crippen LogP contribution in [0.25, 0.3) is 0 Å². The molecule has 1 atom stereocenters. The lowest BCUT2D eigenvalue weighted by Gasteiger charge is -2.13. The molecule has 1 saturated heterocycles. The van der Waals surface area contributed by atoms with Crippen LogP contribution in [-0.2, 0) is 9.53 Å². The Morgan fingerprint density at radius 1 is 1.18 bits per heavy atom. The van der Waals surface area contributed by atoms with Gasteiger partial charge in [-0.05, 0) is 25.7 Å². The molecule has 17 heavy (non-hydrogen) atoms. The van der Waals surface area contributed by atoms with Crippen LogP contribution in [0, 0.1) is 0 Å². The van der Waals surface area contributed by atoms with Crippen molar-refractivity contribution in [2.45, 2.75) is 50.7 Å². The van der Waals surface area contributed by atoms with E-state index < -0.39 is 0 Å². The largest absolute Gasteiger partial charge is 0.377 e. The lowest BCUT2D eigenvalue weighted by Crippen LogP contribution is -2.40. The van der Waals surface area contributed by atoms with Gasteiger partial charge in [-0.25, -0.2) is 0 Å². The number of amides is 1. The number of ether oxygens (including phenoxy) is 1. The fourth-order valence-electron chi connectivity index (χ4n) is 2.50. The Hall–Kier alpha value is -0.320. The van der Waals surface area contributed by atoms with Crippen LogP contribution in [0.15, 0.2) is 0 Å². The highest BCUT2D eigenvalue weighted by molar-refractivity contribution is 5.85. The third kappa shape index (κ3) is 5.23. The van der Waals surface area contributed by atoms with E-state index in [9.17, 15) is 4.79 Å². The average Bonchev–Trinajstić information content (AvgIpc) is 2.90. The van der Waals surface area contributed by atoms with Crippen molar-refractivity contribution >= 4 is 18.3 Å². The monoisotopic (exact) mass is 262 g/mol. The molecule has 1 heterocycles. The van der Waals surface area contributed by atoms with E-state index in [4.69, 9.17) is 4.74 Å². The molecule has 0 spiro atoms. The maximum Gasteiger partial charge on any atom is 0.234 e. The smallest absolute Gasteiger partial charge is 0.234 e. The summed E-state index contributed by atoms with van der Waals surface area (Å²) in [6.07, 6.45) is 7.41. The molecule has 1 unspecified atom stereocenters. The van der Waals surface area contributed by atoms with Crippen molar-refractivity contribution < 1.29 is 9.53 Å². The second kappa shape index (κ2) is 7.90. The second-order valence-electron chi connectivity index (χ2n) is 4.81. The van der Waals surface area contributed by atoms with Crippen molar-refractivity contribution in [1.82, 2.24) is 10.6 Å². The molecule has 2 aliphatic rings. The quantitative estimate of drug-likeness (QED) is 0.784. The van der Waals surface area contributed by atoms with Gasteiger partial charge in [0.25, 0.3) is 0 Å². The number of hydrogen-bond donors (Lipinski definition) is 2. The molecule has 0 aromatic rings. The van der Waals surface area contributed by atoms with Gasteiger partial charge in [-0.3, -0.25) is 4.79 Å². The van der Waals surface area contributed by atoms with Crippen LogP contribution in [0.5, 0.6) is 0 Å². The summed E-state index contributed by atoms with van der Waals surface area (Å²) in [7, 11) is 0. The normalized spacial score (nSPS) is 24.6. The van der Waals surface area contributed by atoms with Gasteiger partial charge in [-0.2, -0.15) is 0 Å². The van der Waals surface area contributed by atoms with Gasteiger partial charge >= 0.3 is 0 Å². The maximum absolute atomic E-state index is 11.6. The Morgan fingerprint density at radius 2 is 1.94 bits per heavy atom. The maximum atomic E-state index is 11.6. The minimum Gasteiger partial charge on any atom is -0.377 e. The van der Waals surface area contributed by atoms with Crippen LogP contribution in [0.4, 0.5) is 0 Å². The van der Waals surface area contributed by atoms with Gasteiger partial charge in [0.05, 0.1) is 12.6 Å². The third-order valence-electron chi connectivity index (χ3n) is 3.40. The first-order valence-corrected chi connectivity index (χ1v) is 6.46. The lowest BCUT2D eigenvalue weighted by molar-refractivity contribution is -0.120. The zero-order chi connectivity index (χ0) is 11.2. The first-order chi connectivity index (χ1) is 7.84. The predicted molar refractivity (Wildman–Crippen MR) is 69.5 cm³/mol. The molecule has 0 aromatic heterocycles. The van der Waals surface area contributed by atoms with Crippen LogP contribution in [0.3, 0.4) is 0 Å². The summed E-state index contributed by atoms with van der Waals surface area (Å²) < 4.78 is 5.47. The number of carbonyl (C=O) groups excluding carboxylic acids is 1. The average molecular weight is 263 g/mol. The van der Waals surface area contributed by atoms with Gasteiger partial charge < -0.3 is 15.4 Å². The molecule has 0 radical (unpaired) electrons. The summed E-state index contributed by atoms with van der Waals surface area (Å²) in [5.41, 5.74) is 0. The SMILES string of the molecule is Cl.O=C(CNCC1CCCO1)NC1CCCC1. The van der Waals surface area contributed by atoms with E-state index in [0.717, 1.165) is 38.8 Å². The lowest BCUT2D eigenvalue weighted by atomic mass is 10.2. The van der Waals surface area contributed by atoms with Crippen LogP contribution in [-0.4, -0.2) is 37.7 Å². The molecule has 0 bridgehead atoms. The summed E-state index contributed by atoms with van der Waals surface area (Å²) >= 11 is 0. The zero-order valence-corrected chi connectivity index (χ0v) is 11.1. The summed E-state index contributed by atoms with van der Waals surface area (Å²) in [5, 5.41) is 6.23. The number of hydrogen-bond acceptors (Lipinski definition) is 3. The van der Waals surface area contributed by atoms with Gasteiger partial charge in [0, 0.05) is 19.2 Å². The van der Waals surface area contributed by atoms with E-state index in [-0.39, 0.29) is 18.3 Å². The van der Waals surface area contributed by atoms with E-state index in [0.29, 0.717) is 18.7 Å². The molecule has 1 amide bonds. The Labute approximate surface area is 109 Å². The van der Waals surface area contributed by atoms with Crippen molar-refractivity contribution in [1.29, 1.82) is 0 Å². The van der Waals surface area contributed by atoms with Gasteiger partial charge in [0.1, 0.15) is 0 Å². The molecule has 0 aromatic carbocycles. The van der Waals surface area contributed by atoms with Crippen molar-refractivity contribution in [3.63, 3.8) is 0 Å². The highest BCUT2D eigenvalue weighted by Gasteiger charge is 2.18. The Bertz CT molecular complexity index is 227. The molecule has 2 N–H and O–H groups in total. The van der Waals surface area contributed by atoms with E-state index in [1.54, 1.807) is 0 Å². The summed E-state index contributed by atoms with van der Waals surface area (Å²) in [6, 6.07) is 0.428. The van der Waals surface area contributed by atoms with Gasteiger partial charge in [0.2, 0.25) is 5.91 Å². The van der Waals surface area contributed by atoms with E-state index >= 15 is 0 Å². The van der Waals surface area contributed by atoms with Crippen LogP contribution < -0.4 is 10.6 Å². The molecule has 100 valence electrons. The first-order valence-electron chi connectivity index (χ1n) is 6.46. The molecule has 4 nitrogen and oxygen atoms in total. The summed E-state index contributed by atoms with van der Waals surface area (Å²) in [6.45, 7) is 2.11. The molecule has 5 heteroatoms. The highest BCUT2D eigenvalue weighted by Crippen LogP contribution is 2.17. The Morgan fingerprint density at radius 3 is 2.59 bits per heavy atom. The zero-order valence-electron chi connectivity index (χ0n) is 10.2. The number of halogens is 1. The minimum absolute atomic E-state index is 0. The van der Waals surface area contributed by atoms with Gasteiger partial charge in [0.15, 0.2) is 0 Å². The van der Waals surface area contributed by atoms with Crippen LogP contribution >= 0.6 is 12.4 Å². The molecule has 1 aliphatic carbocycles. The summed E-state index contributed by atoms with van der Waals surface area (Å²) in [4.78, 5) is 11.6. The molecule has 2 rings (SSSR count). The van der Waals surface area contributed by atoms with Crippen molar-refractivity contribution in [2.75, 3.05) is 19.7 Å². The molecular formula is C12H23ClN2O2. The topological polar surface area (TPSA) is 50.4 Å². The standard InChI is InChI=1S/C12H22N2O2.ClH/c15-12(14-10-4-1-2-5-10)9-13-8-11-6-3-7-16-11;/h10-11,13H,1-9H2,(H,14,15);1H. The third-order valence-corrected chi connectivity index (χ3v) is 3.40. The van der Waals surface area contributed by atoms with Crippen molar-refractivity contribution in [3.8, 4) is 0 Å². The Kier molecular flexibility index (Phi) is 6.85. The van der Waals surface area contributed by atoms with E-state index in [1.165, 1.54) is 12.8 Å². The molecule has 2 fully saturated rings. The molecular weight excluding hydrogens is 240 g/mol. The second-order valence-corrected chi connectivity index (χ2v) is 4.81. The fourth-order valence-corrected chi connectivity index (χ4v) is 2.50. The van der Waals surface area contributed by atoms with Crippen LogP contribution in [0.1, 0.15) is 38.5 Å². The van der Waals surface area contributed by atoms with E-state index in [2.05, 4.69) is 10.6 Å². The summed E-state index contributed by atoms with van der Waals surface area (Å²) in [5.74, 6) is 0.130. The minimum atomic E-state index is 0.